The first-order valence-electron chi connectivity index (χ1n) is 6.77. The van der Waals surface area contributed by atoms with Gasteiger partial charge in [-0.25, -0.2) is 0 Å². The van der Waals surface area contributed by atoms with E-state index >= 15 is 0 Å². The van der Waals surface area contributed by atoms with Crippen LogP contribution in [0.5, 0.6) is 0 Å². The van der Waals surface area contributed by atoms with Crippen LogP contribution in [0, 0.1) is 11.3 Å². The number of carbonyl (C=O) groups excluding carboxylic acids is 1. The summed E-state index contributed by atoms with van der Waals surface area (Å²) >= 11 is 0. The van der Waals surface area contributed by atoms with Crippen LogP contribution >= 0.6 is 0 Å². The highest BCUT2D eigenvalue weighted by atomic mass is 16.5. The number of nitrogens with zero attached hydrogens (tertiary/aromatic N) is 2. The minimum atomic E-state index is -0.999. The summed E-state index contributed by atoms with van der Waals surface area (Å²) in [4.78, 5) is 24.1. The van der Waals surface area contributed by atoms with Gasteiger partial charge in [0.1, 0.15) is 11.6 Å². The van der Waals surface area contributed by atoms with Crippen molar-refractivity contribution in [2.24, 2.45) is 0 Å². The minimum absolute atomic E-state index is 0.000957. The average Bonchev–Trinajstić information content (AvgIpc) is 2.48. The predicted octanol–water partition coefficient (Wildman–Crippen LogP) is -1.09. The Labute approximate surface area is 123 Å². The zero-order valence-electron chi connectivity index (χ0n) is 11.8. The van der Waals surface area contributed by atoms with Crippen molar-refractivity contribution in [1.29, 1.82) is 5.26 Å². The van der Waals surface area contributed by atoms with E-state index in [0.717, 1.165) is 32.8 Å². The number of hydrogen-bond donors (Lipinski definition) is 3. The van der Waals surface area contributed by atoms with Gasteiger partial charge in [-0.3, -0.25) is 14.5 Å². The summed E-state index contributed by atoms with van der Waals surface area (Å²) < 4.78 is 5.24. The molecule has 21 heavy (non-hydrogen) atoms. The number of ether oxygens (including phenoxy) is 1. The molecule has 1 aliphatic rings. The Morgan fingerprint density at radius 2 is 2.05 bits per heavy atom. The molecule has 1 saturated heterocycles. The molecule has 0 aromatic rings. The molecule has 0 unspecified atom stereocenters. The third kappa shape index (κ3) is 7.29. The SMILES string of the molecule is N#C/C(=C/NCCN1CCOCC1)C(=O)NCCC(=O)O. The molecule has 1 fully saturated rings. The fraction of sp³-hybridized carbons (Fsp3) is 0.615. The van der Waals surface area contributed by atoms with Crippen LogP contribution < -0.4 is 10.6 Å². The Morgan fingerprint density at radius 3 is 2.67 bits per heavy atom. The standard InChI is InChI=1S/C13H20N4O4/c14-9-11(13(20)16-2-1-12(18)19)10-15-3-4-17-5-7-21-8-6-17/h10,15H,1-8H2,(H,16,20)(H,18,19)/b11-10-. The molecule has 0 aromatic heterocycles. The molecule has 1 rings (SSSR count). The molecule has 8 heteroatoms. The number of nitriles is 1. The van der Waals surface area contributed by atoms with Crippen molar-refractivity contribution in [3.05, 3.63) is 11.8 Å². The van der Waals surface area contributed by atoms with E-state index in [0.29, 0.717) is 6.54 Å². The van der Waals surface area contributed by atoms with Gasteiger partial charge < -0.3 is 20.5 Å². The largest absolute Gasteiger partial charge is 0.481 e. The van der Waals surface area contributed by atoms with Gasteiger partial charge in [-0.2, -0.15) is 5.26 Å². The van der Waals surface area contributed by atoms with Crippen molar-refractivity contribution in [3.8, 4) is 6.07 Å². The normalized spacial score (nSPS) is 16.0. The Hall–Kier alpha value is -2.11. The molecule has 8 nitrogen and oxygen atoms in total. The molecule has 0 spiro atoms. The van der Waals surface area contributed by atoms with Crippen LogP contribution in [0.2, 0.25) is 0 Å². The number of hydrogen-bond acceptors (Lipinski definition) is 6. The number of aliphatic carboxylic acids is 1. The summed E-state index contributed by atoms with van der Waals surface area (Å²) in [5.41, 5.74) is -0.0673. The monoisotopic (exact) mass is 296 g/mol. The first-order valence-corrected chi connectivity index (χ1v) is 6.77. The maximum absolute atomic E-state index is 11.6. The summed E-state index contributed by atoms with van der Waals surface area (Å²) in [6.45, 7) is 4.64. The third-order valence-corrected chi connectivity index (χ3v) is 2.91. The lowest BCUT2D eigenvalue weighted by atomic mass is 10.3. The Balaban J connectivity index is 2.25. The summed E-state index contributed by atoms with van der Waals surface area (Å²) in [5.74, 6) is -1.57. The molecule has 0 radical (unpaired) electrons. The molecular formula is C13H20N4O4. The van der Waals surface area contributed by atoms with E-state index in [1.54, 1.807) is 6.07 Å². The minimum Gasteiger partial charge on any atom is -0.481 e. The predicted molar refractivity (Wildman–Crippen MR) is 74.2 cm³/mol. The molecule has 1 aliphatic heterocycles. The van der Waals surface area contributed by atoms with Crippen molar-refractivity contribution in [2.45, 2.75) is 6.42 Å². The van der Waals surface area contributed by atoms with Crippen molar-refractivity contribution in [1.82, 2.24) is 15.5 Å². The fourth-order valence-corrected chi connectivity index (χ4v) is 1.75. The second-order valence-corrected chi connectivity index (χ2v) is 4.48. The van der Waals surface area contributed by atoms with Gasteiger partial charge in [-0.05, 0) is 0 Å². The highest BCUT2D eigenvalue weighted by Crippen LogP contribution is 1.95. The van der Waals surface area contributed by atoms with E-state index in [1.165, 1.54) is 6.20 Å². The van der Waals surface area contributed by atoms with E-state index in [4.69, 9.17) is 15.1 Å². The summed E-state index contributed by atoms with van der Waals surface area (Å²) in [6, 6.07) is 1.78. The van der Waals surface area contributed by atoms with Gasteiger partial charge in [0.05, 0.1) is 19.6 Å². The zero-order valence-corrected chi connectivity index (χ0v) is 11.8. The van der Waals surface area contributed by atoms with Gasteiger partial charge in [0.25, 0.3) is 5.91 Å². The molecule has 0 atom stereocenters. The van der Waals surface area contributed by atoms with E-state index in [1.807, 2.05) is 0 Å². The molecule has 0 bridgehead atoms. The number of carbonyl (C=O) groups is 2. The van der Waals surface area contributed by atoms with Gasteiger partial charge in [-0.1, -0.05) is 0 Å². The fourth-order valence-electron chi connectivity index (χ4n) is 1.75. The highest BCUT2D eigenvalue weighted by Gasteiger charge is 2.10. The molecule has 3 N–H and O–H groups in total. The number of nitrogens with one attached hydrogen (secondary N) is 2. The Morgan fingerprint density at radius 1 is 1.33 bits per heavy atom. The Bertz CT molecular complexity index is 424. The molecule has 0 aromatic carbocycles. The van der Waals surface area contributed by atoms with Crippen molar-refractivity contribution in [3.63, 3.8) is 0 Å². The molecule has 0 aliphatic carbocycles. The van der Waals surface area contributed by atoms with Crippen molar-refractivity contribution in [2.75, 3.05) is 45.9 Å². The number of carboxylic acid groups (broad SMARTS) is 1. The highest BCUT2D eigenvalue weighted by molar-refractivity contribution is 5.97. The van der Waals surface area contributed by atoms with Crippen molar-refractivity contribution >= 4 is 11.9 Å². The molecule has 1 amide bonds. The van der Waals surface area contributed by atoms with Crippen molar-refractivity contribution < 1.29 is 19.4 Å². The average molecular weight is 296 g/mol. The summed E-state index contributed by atoms with van der Waals surface area (Å²) in [7, 11) is 0. The molecular weight excluding hydrogens is 276 g/mol. The van der Waals surface area contributed by atoms with Crippen LogP contribution in [0.25, 0.3) is 0 Å². The van der Waals surface area contributed by atoms with Gasteiger partial charge in [0.2, 0.25) is 0 Å². The van der Waals surface area contributed by atoms with E-state index < -0.39 is 11.9 Å². The first kappa shape index (κ1) is 16.9. The lowest BCUT2D eigenvalue weighted by Gasteiger charge is -2.26. The lowest BCUT2D eigenvalue weighted by molar-refractivity contribution is -0.136. The molecule has 1 heterocycles. The lowest BCUT2D eigenvalue weighted by Crippen LogP contribution is -2.39. The second-order valence-electron chi connectivity index (χ2n) is 4.48. The van der Waals surface area contributed by atoms with Crippen LogP contribution in [0.15, 0.2) is 11.8 Å². The molecule has 116 valence electrons. The van der Waals surface area contributed by atoms with Gasteiger partial charge >= 0.3 is 5.97 Å². The van der Waals surface area contributed by atoms with Gasteiger partial charge in [0, 0.05) is 38.9 Å². The second kappa shape index (κ2) is 9.74. The smallest absolute Gasteiger partial charge is 0.305 e. The van der Waals surface area contributed by atoms with E-state index in [2.05, 4.69) is 15.5 Å². The number of morpholine rings is 1. The van der Waals surface area contributed by atoms with E-state index in [9.17, 15) is 9.59 Å². The number of carboxylic acids is 1. The third-order valence-electron chi connectivity index (χ3n) is 2.91. The summed E-state index contributed by atoms with van der Waals surface area (Å²) in [6.07, 6.45) is 1.19. The van der Waals surface area contributed by atoms with Crippen LogP contribution in [0.3, 0.4) is 0 Å². The topological polar surface area (TPSA) is 115 Å². The quantitative estimate of drug-likeness (QED) is 0.296. The number of rotatable bonds is 8. The van der Waals surface area contributed by atoms with E-state index in [-0.39, 0.29) is 18.5 Å². The maximum Gasteiger partial charge on any atom is 0.305 e. The van der Waals surface area contributed by atoms with Crippen LogP contribution in [0.4, 0.5) is 0 Å². The summed E-state index contributed by atoms with van der Waals surface area (Å²) in [5, 5.41) is 22.7. The first-order chi connectivity index (χ1) is 10.1. The Kier molecular flexibility index (Phi) is 7.86. The van der Waals surface area contributed by atoms with Crippen LogP contribution in [-0.2, 0) is 14.3 Å². The molecule has 0 saturated carbocycles. The van der Waals surface area contributed by atoms with Crippen LogP contribution in [-0.4, -0.2) is 67.8 Å². The van der Waals surface area contributed by atoms with Gasteiger partial charge in [-0.15, -0.1) is 0 Å². The maximum atomic E-state index is 11.6. The van der Waals surface area contributed by atoms with Gasteiger partial charge in [0.15, 0.2) is 0 Å². The number of amides is 1. The zero-order chi connectivity index (χ0) is 15.5. The van der Waals surface area contributed by atoms with Crippen LogP contribution in [0.1, 0.15) is 6.42 Å².